The Labute approximate surface area is 119 Å². The number of nitrogens with one attached hydrogen (secondary N) is 1. The standard InChI is InChI=1S/C13H21N5S/c1-10(9-18-6-2-3-7-18)8-16-13-15-5-4-11(17-13)12(14)19/h4-5,10H,2-3,6-9H2,1H3,(H2,14,19)(H,15,16,17). The van der Waals surface area contributed by atoms with Crippen LogP contribution in [0.25, 0.3) is 0 Å². The number of anilines is 1. The van der Waals surface area contributed by atoms with Gasteiger partial charge in [0.15, 0.2) is 0 Å². The topological polar surface area (TPSA) is 67.1 Å². The zero-order chi connectivity index (χ0) is 13.7. The van der Waals surface area contributed by atoms with Crippen LogP contribution in [0.3, 0.4) is 0 Å². The summed E-state index contributed by atoms with van der Waals surface area (Å²) in [5, 5.41) is 3.25. The molecule has 1 aliphatic rings. The lowest BCUT2D eigenvalue weighted by Crippen LogP contribution is -2.29. The summed E-state index contributed by atoms with van der Waals surface area (Å²) in [6, 6.07) is 1.72. The predicted octanol–water partition coefficient (Wildman–Crippen LogP) is 1.25. The maximum absolute atomic E-state index is 5.55. The van der Waals surface area contributed by atoms with Gasteiger partial charge < -0.3 is 16.0 Å². The van der Waals surface area contributed by atoms with Crippen molar-refractivity contribution < 1.29 is 0 Å². The number of thiocarbonyl (C=S) groups is 1. The molecule has 1 aromatic heterocycles. The smallest absolute Gasteiger partial charge is 0.223 e. The van der Waals surface area contributed by atoms with Crippen LogP contribution in [0.2, 0.25) is 0 Å². The summed E-state index contributed by atoms with van der Waals surface area (Å²) in [5.74, 6) is 1.16. The van der Waals surface area contributed by atoms with E-state index in [4.69, 9.17) is 18.0 Å². The summed E-state index contributed by atoms with van der Waals surface area (Å²) in [4.78, 5) is 11.3. The predicted molar refractivity (Wildman–Crippen MR) is 81.2 cm³/mol. The van der Waals surface area contributed by atoms with E-state index in [1.807, 2.05) is 0 Å². The molecule has 1 saturated heterocycles. The maximum Gasteiger partial charge on any atom is 0.223 e. The molecular formula is C13H21N5S. The minimum atomic E-state index is 0.301. The van der Waals surface area contributed by atoms with Crippen LogP contribution in [0.4, 0.5) is 5.95 Å². The normalized spacial score (nSPS) is 17.3. The van der Waals surface area contributed by atoms with Gasteiger partial charge in [-0.3, -0.25) is 0 Å². The van der Waals surface area contributed by atoms with Gasteiger partial charge in [0.1, 0.15) is 10.7 Å². The lowest BCUT2D eigenvalue weighted by Gasteiger charge is -2.20. The third-order valence-electron chi connectivity index (χ3n) is 3.29. The second-order valence-electron chi connectivity index (χ2n) is 5.12. The number of likely N-dealkylation sites (tertiary alicyclic amines) is 1. The van der Waals surface area contributed by atoms with E-state index >= 15 is 0 Å². The van der Waals surface area contributed by atoms with Crippen molar-refractivity contribution in [1.82, 2.24) is 14.9 Å². The van der Waals surface area contributed by atoms with E-state index in [2.05, 4.69) is 27.1 Å². The van der Waals surface area contributed by atoms with E-state index in [0.29, 0.717) is 22.5 Å². The largest absolute Gasteiger partial charge is 0.388 e. The van der Waals surface area contributed by atoms with Gasteiger partial charge in [-0.25, -0.2) is 9.97 Å². The van der Waals surface area contributed by atoms with E-state index in [-0.39, 0.29) is 0 Å². The number of nitrogens with two attached hydrogens (primary N) is 1. The quantitative estimate of drug-likeness (QED) is 0.764. The molecule has 0 amide bonds. The molecule has 104 valence electrons. The summed E-state index contributed by atoms with van der Waals surface area (Å²) in [6.45, 7) is 6.69. The van der Waals surface area contributed by atoms with Crippen molar-refractivity contribution in [1.29, 1.82) is 0 Å². The fourth-order valence-corrected chi connectivity index (χ4v) is 2.43. The van der Waals surface area contributed by atoms with E-state index < -0.39 is 0 Å². The minimum absolute atomic E-state index is 0.301. The Hall–Kier alpha value is -1.27. The first-order chi connectivity index (χ1) is 9.15. The second kappa shape index (κ2) is 6.77. The molecule has 0 aliphatic carbocycles. The Morgan fingerprint density at radius 2 is 2.26 bits per heavy atom. The minimum Gasteiger partial charge on any atom is -0.388 e. The Balaban J connectivity index is 1.80. The van der Waals surface area contributed by atoms with Crippen LogP contribution in [0.1, 0.15) is 25.5 Å². The maximum atomic E-state index is 5.55. The molecule has 19 heavy (non-hydrogen) atoms. The van der Waals surface area contributed by atoms with Crippen molar-refractivity contribution in [3.05, 3.63) is 18.0 Å². The highest BCUT2D eigenvalue weighted by atomic mass is 32.1. The average Bonchev–Trinajstić information content (AvgIpc) is 2.89. The van der Waals surface area contributed by atoms with Crippen LogP contribution >= 0.6 is 12.2 Å². The van der Waals surface area contributed by atoms with E-state index in [1.165, 1.54) is 25.9 Å². The first kappa shape index (κ1) is 14.1. The molecule has 2 heterocycles. The molecule has 2 rings (SSSR count). The zero-order valence-electron chi connectivity index (χ0n) is 11.3. The van der Waals surface area contributed by atoms with E-state index in [0.717, 1.165) is 13.1 Å². The molecule has 1 fully saturated rings. The second-order valence-corrected chi connectivity index (χ2v) is 5.56. The first-order valence-electron chi connectivity index (χ1n) is 6.74. The van der Waals surface area contributed by atoms with Gasteiger partial charge in [-0.15, -0.1) is 0 Å². The number of aromatic nitrogens is 2. The molecule has 1 aromatic rings. The molecule has 3 N–H and O–H groups in total. The molecular weight excluding hydrogens is 258 g/mol. The van der Waals surface area contributed by atoms with Crippen LogP contribution in [-0.2, 0) is 0 Å². The number of rotatable bonds is 6. The molecule has 1 unspecified atom stereocenters. The van der Waals surface area contributed by atoms with Gasteiger partial charge in [0.2, 0.25) is 5.95 Å². The molecule has 0 radical (unpaired) electrons. The summed E-state index contributed by atoms with van der Waals surface area (Å²) >= 11 is 4.91. The van der Waals surface area contributed by atoms with Gasteiger partial charge in [-0.05, 0) is 37.9 Å². The lowest BCUT2D eigenvalue weighted by atomic mass is 10.1. The van der Waals surface area contributed by atoms with Crippen molar-refractivity contribution >= 4 is 23.2 Å². The summed E-state index contributed by atoms with van der Waals surface area (Å²) in [6.07, 6.45) is 4.34. The lowest BCUT2D eigenvalue weighted by molar-refractivity contribution is 0.294. The first-order valence-corrected chi connectivity index (χ1v) is 7.15. The van der Waals surface area contributed by atoms with Crippen molar-refractivity contribution in [3.63, 3.8) is 0 Å². The van der Waals surface area contributed by atoms with Crippen LogP contribution in [-0.4, -0.2) is 46.0 Å². The van der Waals surface area contributed by atoms with Crippen LogP contribution < -0.4 is 11.1 Å². The molecule has 1 aliphatic heterocycles. The highest BCUT2D eigenvalue weighted by Crippen LogP contribution is 2.10. The van der Waals surface area contributed by atoms with Crippen molar-refractivity contribution in [2.24, 2.45) is 11.7 Å². The van der Waals surface area contributed by atoms with E-state index in [9.17, 15) is 0 Å². The van der Waals surface area contributed by atoms with E-state index in [1.54, 1.807) is 12.3 Å². The van der Waals surface area contributed by atoms with Gasteiger partial charge >= 0.3 is 0 Å². The summed E-state index contributed by atoms with van der Waals surface area (Å²) in [7, 11) is 0. The van der Waals surface area contributed by atoms with Gasteiger partial charge in [-0.1, -0.05) is 19.1 Å². The van der Waals surface area contributed by atoms with Crippen LogP contribution in [0.5, 0.6) is 0 Å². The monoisotopic (exact) mass is 279 g/mol. The third kappa shape index (κ3) is 4.40. The van der Waals surface area contributed by atoms with Gasteiger partial charge in [-0.2, -0.15) is 0 Å². The van der Waals surface area contributed by atoms with Crippen molar-refractivity contribution in [2.45, 2.75) is 19.8 Å². The summed E-state index contributed by atoms with van der Waals surface area (Å²) in [5.41, 5.74) is 6.17. The highest BCUT2D eigenvalue weighted by Gasteiger charge is 2.14. The Bertz CT molecular complexity index is 431. The molecule has 5 nitrogen and oxygen atoms in total. The summed E-state index contributed by atoms with van der Waals surface area (Å²) < 4.78 is 0. The van der Waals surface area contributed by atoms with Crippen molar-refractivity contribution in [3.8, 4) is 0 Å². The molecule has 6 heteroatoms. The third-order valence-corrected chi connectivity index (χ3v) is 3.49. The molecule has 0 bridgehead atoms. The average molecular weight is 279 g/mol. The molecule has 0 spiro atoms. The van der Waals surface area contributed by atoms with Crippen molar-refractivity contribution in [2.75, 3.05) is 31.5 Å². The number of hydrogen-bond acceptors (Lipinski definition) is 5. The molecule has 0 aromatic carbocycles. The Morgan fingerprint density at radius 3 is 2.95 bits per heavy atom. The SMILES string of the molecule is CC(CNc1nccc(C(N)=S)n1)CN1CCCC1. The molecule has 0 saturated carbocycles. The molecule has 1 atom stereocenters. The fraction of sp³-hybridized carbons (Fsp3) is 0.615. The van der Waals surface area contributed by atoms with Gasteiger partial charge in [0, 0.05) is 19.3 Å². The number of nitrogens with zero attached hydrogens (tertiary/aromatic N) is 3. The Morgan fingerprint density at radius 1 is 1.53 bits per heavy atom. The Kier molecular flexibility index (Phi) is 5.04. The highest BCUT2D eigenvalue weighted by molar-refractivity contribution is 7.80. The zero-order valence-corrected chi connectivity index (χ0v) is 12.1. The van der Waals surface area contributed by atoms with Gasteiger partial charge in [0.25, 0.3) is 0 Å². The fourth-order valence-electron chi connectivity index (χ4n) is 2.32. The van der Waals surface area contributed by atoms with Gasteiger partial charge in [0.05, 0.1) is 0 Å². The van der Waals surface area contributed by atoms with Crippen LogP contribution in [0.15, 0.2) is 12.3 Å². The van der Waals surface area contributed by atoms with Crippen LogP contribution in [0, 0.1) is 5.92 Å². The number of hydrogen-bond donors (Lipinski definition) is 2.